The van der Waals surface area contributed by atoms with E-state index in [2.05, 4.69) is 9.88 Å². The van der Waals surface area contributed by atoms with Crippen molar-refractivity contribution in [1.82, 2.24) is 9.47 Å². The molecule has 1 saturated heterocycles. The third-order valence-corrected chi connectivity index (χ3v) is 8.04. The highest BCUT2D eigenvalue weighted by Crippen LogP contribution is 2.36. The molecular weight excluding hydrogens is 518 g/mol. The summed E-state index contributed by atoms with van der Waals surface area (Å²) in [6.45, 7) is 6.01. The van der Waals surface area contributed by atoms with E-state index in [1.165, 1.54) is 0 Å². The maximum absolute atomic E-state index is 13.2. The molecule has 0 aliphatic carbocycles. The van der Waals surface area contributed by atoms with Gasteiger partial charge in [-0.1, -0.05) is 66.2 Å². The van der Waals surface area contributed by atoms with Crippen molar-refractivity contribution in [1.29, 1.82) is 0 Å². The summed E-state index contributed by atoms with van der Waals surface area (Å²) in [6.07, 6.45) is 1.76. The third kappa shape index (κ3) is 4.87. The van der Waals surface area contributed by atoms with E-state index in [1.54, 1.807) is 6.08 Å². The summed E-state index contributed by atoms with van der Waals surface area (Å²) in [6, 6.07) is 21.4. The number of aromatic nitrogens is 1. The molecular formula is C30H26ClN3O3S. The molecule has 1 N–H and O–H groups in total. The molecule has 6 nitrogen and oxygen atoms in total. The zero-order chi connectivity index (χ0) is 27.0. The average molecular weight is 544 g/mol. The maximum Gasteiger partial charge on any atom is 0.294 e. The van der Waals surface area contributed by atoms with E-state index < -0.39 is 17.1 Å². The largest absolute Gasteiger partial charge is 0.340 e. The first-order chi connectivity index (χ1) is 18.2. The zero-order valence-corrected chi connectivity index (χ0v) is 22.8. The van der Waals surface area contributed by atoms with Crippen LogP contribution in [0.2, 0.25) is 5.02 Å². The lowest BCUT2D eigenvalue weighted by atomic mass is 10.1. The number of carbonyl (C=O) groups excluding carboxylic acids is 3. The van der Waals surface area contributed by atoms with Crippen LogP contribution in [-0.2, 0) is 16.1 Å². The Hall–Kier alpha value is -3.81. The van der Waals surface area contributed by atoms with Crippen LogP contribution in [0.25, 0.3) is 17.0 Å². The molecule has 192 valence electrons. The number of nitrogens with one attached hydrogen (secondary N) is 1. The van der Waals surface area contributed by atoms with E-state index in [4.69, 9.17) is 11.6 Å². The van der Waals surface area contributed by atoms with Crippen LogP contribution in [0, 0.1) is 20.8 Å². The molecule has 3 aromatic carbocycles. The number of hydrogen-bond donors (Lipinski definition) is 1. The molecule has 2 heterocycles. The van der Waals surface area contributed by atoms with Gasteiger partial charge >= 0.3 is 0 Å². The van der Waals surface area contributed by atoms with Gasteiger partial charge in [0.15, 0.2) is 0 Å². The third-order valence-electron chi connectivity index (χ3n) is 6.76. The molecule has 0 radical (unpaired) electrons. The molecule has 0 bridgehead atoms. The fraction of sp³-hybridized carbons (Fsp3) is 0.167. The Morgan fingerprint density at radius 3 is 2.37 bits per heavy atom. The van der Waals surface area contributed by atoms with E-state index in [-0.39, 0.29) is 6.54 Å². The smallest absolute Gasteiger partial charge is 0.294 e. The number of amides is 3. The van der Waals surface area contributed by atoms with Gasteiger partial charge in [0.05, 0.1) is 4.91 Å². The highest BCUT2D eigenvalue weighted by Gasteiger charge is 2.36. The summed E-state index contributed by atoms with van der Waals surface area (Å²) in [5.74, 6) is -0.891. The van der Waals surface area contributed by atoms with Gasteiger partial charge in [-0.15, -0.1) is 0 Å². The topological polar surface area (TPSA) is 71.4 Å². The van der Waals surface area contributed by atoms with Gasteiger partial charge < -0.3 is 9.88 Å². The van der Waals surface area contributed by atoms with Crippen LogP contribution in [0.3, 0.4) is 0 Å². The van der Waals surface area contributed by atoms with Gasteiger partial charge in [-0.2, -0.15) is 0 Å². The molecule has 0 atom stereocenters. The number of aryl methyl sites for hydroxylation is 2. The summed E-state index contributed by atoms with van der Waals surface area (Å²) < 4.78 is 2.16. The highest BCUT2D eigenvalue weighted by molar-refractivity contribution is 8.18. The Bertz CT molecular complexity index is 1620. The Kier molecular flexibility index (Phi) is 7.15. The second-order valence-corrected chi connectivity index (χ2v) is 10.7. The molecule has 5 rings (SSSR count). The van der Waals surface area contributed by atoms with E-state index in [0.717, 1.165) is 55.5 Å². The quantitative estimate of drug-likeness (QED) is 0.267. The molecule has 1 aliphatic rings. The van der Waals surface area contributed by atoms with Crippen LogP contribution in [-0.4, -0.2) is 33.1 Å². The summed E-state index contributed by atoms with van der Waals surface area (Å²) in [5, 5.41) is 4.04. The number of carbonyl (C=O) groups is 3. The van der Waals surface area contributed by atoms with Crippen molar-refractivity contribution in [2.24, 2.45) is 0 Å². The van der Waals surface area contributed by atoms with Crippen molar-refractivity contribution in [2.45, 2.75) is 27.3 Å². The van der Waals surface area contributed by atoms with Crippen LogP contribution in [0.1, 0.15) is 27.9 Å². The fourth-order valence-corrected chi connectivity index (χ4v) is 5.76. The molecule has 38 heavy (non-hydrogen) atoms. The lowest BCUT2D eigenvalue weighted by Gasteiger charge is -2.15. The van der Waals surface area contributed by atoms with Crippen molar-refractivity contribution < 1.29 is 14.4 Å². The van der Waals surface area contributed by atoms with Gasteiger partial charge in [-0.05, 0) is 67.4 Å². The highest BCUT2D eigenvalue weighted by atomic mass is 35.5. The lowest BCUT2D eigenvalue weighted by Crippen LogP contribution is -2.36. The number of halogens is 1. The number of nitrogens with zero attached hydrogens (tertiary/aromatic N) is 2. The fourth-order valence-electron chi connectivity index (χ4n) is 4.74. The molecule has 8 heteroatoms. The van der Waals surface area contributed by atoms with Crippen molar-refractivity contribution >= 4 is 63.1 Å². The summed E-state index contributed by atoms with van der Waals surface area (Å²) in [7, 11) is 0. The molecule has 0 spiro atoms. The number of fused-ring (bicyclic) bond motifs is 1. The molecule has 3 amide bonds. The van der Waals surface area contributed by atoms with Crippen molar-refractivity contribution in [3.8, 4) is 0 Å². The number of anilines is 1. The van der Waals surface area contributed by atoms with Crippen LogP contribution in [0.4, 0.5) is 10.5 Å². The van der Waals surface area contributed by atoms with Crippen LogP contribution >= 0.6 is 23.4 Å². The van der Waals surface area contributed by atoms with Gasteiger partial charge in [0.2, 0.25) is 5.91 Å². The predicted molar refractivity (Wildman–Crippen MR) is 154 cm³/mol. The van der Waals surface area contributed by atoms with E-state index in [1.807, 2.05) is 87.5 Å². The van der Waals surface area contributed by atoms with Gasteiger partial charge in [0.1, 0.15) is 6.54 Å². The Labute approximate surface area is 230 Å². The minimum absolute atomic E-state index is 0.290. The molecule has 0 unspecified atom stereocenters. The average Bonchev–Trinajstić information content (AvgIpc) is 3.31. The van der Waals surface area contributed by atoms with Crippen molar-refractivity contribution in [3.63, 3.8) is 0 Å². The summed E-state index contributed by atoms with van der Waals surface area (Å²) in [5.41, 5.74) is 6.32. The molecule has 1 aromatic heterocycles. The van der Waals surface area contributed by atoms with Crippen LogP contribution < -0.4 is 5.32 Å². The first kappa shape index (κ1) is 25.8. The van der Waals surface area contributed by atoms with Gasteiger partial charge in [-0.3, -0.25) is 19.3 Å². The van der Waals surface area contributed by atoms with Crippen molar-refractivity contribution in [3.05, 3.63) is 105 Å². The zero-order valence-electron chi connectivity index (χ0n) is 21.2. The van der Waals surface area contributed by atoms with Gasteiger partial charge in [0, 0.05) is 39.4 Å². The number of thioether (sulfide) groups is 1. The van der Waals surface area contributed by atoms with E-state index >= 15 is 0 Å². The first-order valence-corrected chi connectivity index (χ1v) is 13.4. The standard InChI is InChI=1S/C30H26ClN3O3S/c1-18-9-8-10-19(2)28(18)32-27(35)17-34-29(36)26(38-30(34)37)15-23-20(3)33(25-14-7-5-12-22(23)25)16-21-11-4-6-13-24(21)31/h4-15H,16-17H2,1-3H3,(H,32,35)/b26-15-. The second kappa shape index (κ2) is 10.5. The van der Waals surface area contributed by atoms with Crippen LogP contribution in [0.5, 0.6) is 0 Å². The predicted octanol–water partition coefficient (Wildman–Crippen LogP) is 6.94. The number of hydrogen-bond acceptors (Lipinski definition) is 4. The van der Waals surface area contributed by atoms with Gasteiger partial charge in [-0.25, -0.2) is 0 Å². The normalized spacial score (nSPS) is 14.6. The monoisotopic (exact) mass is 543 g/mol. The van der Waals surface area contributed by atoms with E-state index in [0.29, 0.717) is 22.2 Å². The van der Waals surface area contributed by atoms with E-state index in [9.17, 15) is 14.4 Å². The Balaban J connectivity index is 1.43. The Morgan fingerprint density at radius 2 is 1.63 bits per heavy atom. The number of rotatable bonds is 6. The Morgan fingerprint density at radius 1 is 0.947 bits per heavy atom. The lowest BCUT2D eigenvalue weighted by molar-refractivity contribution is -0.127. The minimum Gasteiger partial charge on any atom is -0.340 e. The molecule has 4 aromatic rings. The summed E-state index contributed by atoms with van der Waals surface area (Å²) in [4.78, 5) is 40.1. The number of benzene rings is 3. The van der Waals surface area contributed by atoms with Gasteiger partial charge in [0.25, 0.3) is 11.1 Å². The molecule has 1 aliphatic heterocycles. The SMILES string of the molecule is Cc1cccc(C)c1NC(=O)CN1C(=O)S/C(=C\c2c(C)n(Cc3ccccc3Cl)c3ccccc23)C1=O. The second-order valence-electron chi connectivity index (χ2n) is 9.28. The number of para-hydroxylation sites is 2. The molecule has 0 saturated carbocycles. The first-order valence-electron chi connectivity index (χ1n) is 12.2. The van der Waals surface area contributed by atoms with Crippen LogP contribution in [0.15, 0.2) is 71.6 Å². The maximum atomic E-state index is 13.2. The van der Waals surface area contributed by atoms with Crippen molar-refractivity contribution in [2.75, 3.05) is 11.9 Å². The number of imide groups is 1. The molecule has 1 fully saturated rings. The minimum atomic E-state index is -0.473. The summed E-state index contributed by atoms with van der Waals surface area (Å²) >= 11 is 7.29.